The molecule has 0 unspecified atom stereocenters. The number of halogens is 1. The van der Waals surface area contributed by atoms with Gasteiger partial charge in [0, 0.05) is 45.0 Å². The molecule has 0 aromatic carbocycles. The molecule has 156 valence electrons. The average molecular weight is 522 g/mol. The van der Waals surface area contributed by atoms with Crippen LogP contribution in [0.2, 0.25) is 0 Å². The summed E-state index contributed by atoms with van der Waals surface area (Å²) in [4.78, 5) is 8.34. The molecule has 0 saturated carbocycles. The zero-order chi connectivity index (χ0) is 19.5. The van der Waals surface area contributed by atoms with Gasteiger partial charge in [-0.1, -0.05) is 6.92 Å². The number of hydrogen-bond donors (Lipinski definition) is 3. The second-order valence-corrected chi connectivity index (χ2v) is 7.34. The molecule has 10 nitrogen and oxygen atoms in total. The van der Waals surface area contributed by atoms with Gasteiger partial charge in [0.1, 0.15) is 17.0 Å². The molecular weight excluding hydrogens is 495 g/mol. The molecule has 0 aliphatic rings. The molecule has 0 atom stereocenters. The normalized spacial score (nSPS) is 11.7. The molecule has 0 spiro atoms. The van der Waals surface area contributed by atoms with Crippen molar-refractivity contribution in [3.05, 3.63) is 36.7 Å². The molecule has 2 heterocycles. The van der Waals surface area contributed by atoms with Crippen molar-refractivity contribution in [2.75, 3.05) is 26.2 Å². The third kappa shape index (κ3) is 7.67. The maximum atomic E-state index is 12.1. The molecule has 3 N–H and O–H groups in total. The lowest BCUT2D eigenvalue weighted by molar-refractivity contribution is 0.581. The molecule has 0 radical (unpaired) electrons. The summed E-state index contributed by atoms with van der Waals surface area (Å²) in [7, 11) is -3.56. The summed E-state index contributed by atoms with van der Waals surface area (Å²) in [6.45, 7) is 6.58. The van der Waals surface area contributed by atoms with E-state index in [1.165, 1.54) is 18.5 Å². The highest BCUT2D eigenvalue weighted by atomic mass is 127. The number of pyridine rings is 1. The van der Waals surface area contributed by atoms with E-state index in [9.17, 15) is 8.42 Å². The first kappa shape index (κ1) is 24.2. The number of rotatable bonds is 10. The minimum Gasteiger partial charge on any atom is -0.357 e. The zero-order valence-electron chi connectivity index (χ0n) is 16.0. The van der Waals surface area contributed by atoms with Gasteiger partial charge in [-0.3, -0.25) is 9.98 Å². The van der Waals surface area contributed by atoms with Crippen molar-refractivity contribution in [1.82, 2.24) is 35.1 Å². The predicted molar refractivity (Wildman–Crippen MR) is 118 cm³/mol. The summed E-state index contributed by atoms with van der Waals surface area (Å²) < 4.78 is 28.7. The Balaban J connectivity index is 0.00000392. The lowest BCUT2D eigenvalue weighted by Gasteiger charge is -2.12. The van der Waals surface area contributed by atoms with Crippen molar-refractivity contribution >= 4 is 40.0 Å². The molecule has 2 rings (SSSR count). The van der Waals surface area contributed by atoms with Crippen LogP contribution >= 0.6 is 24.0 Å². The second kappa shape index (κ2) is 12.6. The van der Waals surface area contributed by atoms with E-state index in [0.29, 0.717) is 32.1 Å². The smallest absolute Gasteiger partial charge is 0.242 e. The van der Waals surface area contributed by atoms with Crippen LogP contribution in [0.25, 0.3) is 0 Å². The SMILES string of the molecule is CCNC(=NCCNS(=O)(=O)c1cccnc1)NCCn1cnnc1CC.I. The summed E-state index contributed by atoms with van der Waals surface area (Å²) >= 11 is 0. The minimum atomic E-state index is -3.56. The van der Waals surface area contributed by atoms with E-state index in [1.807, 2.05) is 18.4 Å². The highest BCUT2D eigenvalue weighted by Crippen LogP contribution is 2.04. The van der Waals surface area contributed by atoms with E-state index in [1.54, 1.807) is 12.4 Å². The van der Waals surface area contributed by atoms with Crippen LogP contribution in [-0.2, 0) is 23.0 Å². The van der Waals surface area contributed by atoms with Gasteiger partial charge < -0.3 is 15.2 Å². The van der Waals surface area contributed by atoms with Crippen LogP contribution in [0.1, 0.15) is 19.7 Å². The largest absolute Gasteiger partial charge is 0.357 e. The third-order valence-corrected chi connectivity index (χ3v) is 5.07. The molecule has 0 aliphatic carbocycles. The van der Waals surface area contributed by atoms with Crippen LogP contribution in [0.4, 0.5) is 0 Å². The highest BCUT2D eigenvalue weighted by Gasteiger charge is 2.12. The summed E-state index contributed by atoms with van der Waals surface area (Å²) in [5.41, 5.74) is 0. The molecule has 0 bridgehead atoms. The van der Waals surface area contributed by atoms with Crippen LogP contribution < -0.4 is 15.4 Å². The molecule has 0 amide bonds. The number of aryl methyl sites for hydroxylation is 1. The van der Waals surface area contributed by atoms with Crippen molar-refractivity contribution in [2.24, 2.45) is 4.99 Å². The Kier molecular flexibility index (Phi) is 10.9. The van der Waals surface area contributed by atoms with Gasteiger partial charge in [0.05, 0.1) is 6.54 Å². The average Bonchev–Trinajstić information content (AvgIpc) is 3.13. The zero-order valence-corrected chi connectivity index (χ0v) is 19.1. The number of aromatic nitrogens is 4. The van der Waals surface area contributed by atoms with Gasteiger partial charge in [-0.25, -0.2) is 13.1 Å². The fraction of sp³-hybridized carbons (Fsp3) is 0.500. The number of hydrogen-bond acceptors (Lipinski definition) is 6. The Hall–Kier alpha value is -1.80. The third-order valence-electron chi connectivity index (χ3n) is 3.62. The highest BCUT2D eigenvalue weighted by molar-refractivity contribution is 14.0. The van der Waals surface area contributed by atoms with Gasteiger partial charge in [0.25, 0.3) is 0 Å². The van der Waals surface area contributed by atoms with Crippen molar-refractivity contribution in [3.63, 3.8) is 0 Å². The summed E-state index contributed by atoms with van der Waals surface area (Å²) in [5, 5.41) is 14.3. The number of nitrogens with one attached hydrogen (secondary N) is 3. The van der Waals surface area contributed by atoms with Gasteiger partial charge in [0.2, 0.25) is 10.0 Å². The summed E-state index contributed by atoms with van der Waals surface area (Å²) in [5.74, 6) is 1.56. The summed E-state index contributed by atoms with van der Waals surface area (Å²) in [6.07, 6.45) is 5.37. The molecule has 2 aromatic rings. The van der Waals surface area contributed by atoms with Crippen molar-refractivity contribution in [3.8, 4) is 0 Å². The van der Waals surface area contributed by atoms with E-state index >= 15 is 0 Å². The first-order valence-corrected chi connectivity index (χ1v) is 10.3. The maximum absolute atomic E-state index is 12.1. The monoisotopic (exact) mass is 522 g/mol. The molecule has 2 aromatic heterocycles. The molecule has 0 saturated heterocycles. The fourth-order valence-corrected chi connectivity index (χ4v) is 3.30. The van der Waals surface area contributed by atoms with Gasteiger partial charge in [-0.15, -0.1) is 34.2 Å². The lowest BCUT2D eigenvalue weighted by atomic mass is 10.4. The van der Waals surface area contributed by atoms with Crippen LogP contribution in [0.3, 0.4) is 0 Å². The van der Waals surface area contributed by atoms with E-state index in [-0.39, 0.29) is 35.4 Å². The minimum absolute atomic E-state index is 0. The summed E-state index contributed by atoms with van der Waals surface area (Å²) in [6, 6.07) is 3.08. The van der Waals surface area contributed by atoms with Crippen molar-refractivity contribution in [1.29, 1.82) is 0 Å². The molecular formula is C16H27IN8O2S. The molecule has 0 fully saturated rings. The number of aliphatic imine (C=N–C) groups is 1. The Morgan fingerprint density at radius 3 is 2.75 bits per heavy atom. The van der Waals surface area contributed by atoms with Crippen LogP contribution in [0.15, 0.2) is 40.7 Å². The molecule has 0 aliphatic heterocycles. The van der Waals surface area contributed by atoms with Crippen molar-refractivity contribution < 1.29 is 8.42 Å². The number of nitrogens with zero attached hydrogens (tertiary/aromatic N) is 5. The van der Waals surface area contributed by atoms with Crippen LogP contribution in [0.5, 0.6) is 0 Å². The number of sulfonamides is 1. The van der Waals surface area contributed by atoms with E-state index in [2.05, 4.69) is 35.5 Å². The Labute approximate surface area is 182 Å². The van der Waals surface area contributed by atoms with Gasteiger partial charge in [-0.05, 0) is 19.1 Å². The first-order valence-electron chi connectivity index (χ1n) is 8.85. The van der Waals surface area contributed by atoms with Gasteiger partial charge >= 0.3 is 0 Å². The van der Waals surface area contributed by atoms with E-state index in [0.717, 1.165) is 12.2 Å². The Morgan fingerprint density at radius 1 is 1.25 bits per heavy atom. The van der Waals surface area contributed by atoms with E-state index in [4.69, 9.17) is 0 Å². The number of guanidine groups is 1. The van der Waals surface area contributed by atoms with Gasteiger partial charge in [0.15, 0.2) is 5.96 Å². The maximum Gasteiger partial charge on any atom is 0.242 e. The lowest BCUT2D eigenvalue weighted by Crippen LogP contribution is -2.39. The predicted octanol–water partition coefficient (Wildman–Crippen LogP) is 0.387. The fourth-order valence-electron chi connectivity index (χ4n) is 2.31. The Bertz CT molecular complexity index is 826. The first-order chi connectivity index (χ1) is 13.1. The topological polar surface area (TPSA) is 126 Å². The van der Waals surface area contributed by atoms with Crippen LogP contribution in [-0.4, -0.2) is 60.3 Å². The standard InChI is InChI=1S/C16H26N8O2S.HI/c1-3-15-23-21-13-24(15)11-10-20-16(18-4-2)19-8-9-22-27(25,26)14-6-5-7-17-12-14;/h5-7,12-13,22H,3-4,8-11H2,1-2H3,(H2,18,19,20);1H. The second-order valence-electron chi connectivity index (χ2n) is 5.57. The van der Waals surface area contributed by atoms with Crippen molar-refractivity contribution in [2.45, 2.75) is 31.7 Å². The Morgan fingerprint density at radius 2 is 2.07 bits per heavy atom. The van der Waals surface area contributed by atoms with Crippen LogP contribution in [0, 0.1) is 0 Å². The molecule has 28 heavy (non-hydrogen) atoms. The van der Waals surface area contributed by atoms with E-state index < -0.39 is 10.0 Å². The molecule has 12 heteroatoms. The van der Waals surface area contributed by atoms with Gasteiger partial charge in [-0.2, -0.15) is 0 Å². The quantitative estimate of drug-likeness (QED) is 0.178.